The molecule has 3 aliphatic heterocycles. The highest BCUT2D eigenvalue weighted by Crippen LogP contribution is 2.42. The molecule has 0 amide bonds. The second-order valence-electron chi connectivity index (χ2n) is 8.96. The van der Waals surface area contributed by atoms with Crippen molar-refractivity contribution in [2.45, 2.75) is 29.7 Å². The van der Waals surface area contributed by atoms with Crippen LogP contribution in [-0.2, 0) is 17.1 Å². The number of piperidine rings is 3. The lowest BCUT2D eigenvalue weighted by atomic mass is 9.74. The number of hydrogen-bond acceptors (Lipinski definition) is 7. The Morgan fingerprint density at radius 1 is 1.21 bits per heavy atom. The molecule has 2 bridgehead atoms. The number of sulfonamides is 1. The molecule has 9 nitrogen and oxygen atoms in total. The maximum atomic E-state index is 13.1. The van der Waals surface area contributed by atoms with Gasteiger partial charge >= 0.3 is 0 Å². The second-order valence-corrected chi connectivity index (χ2v) is 10.7. The fourth-order valence-corrected chi connectivity index (χ4v) is 6.59. The Kier molecular flexibility index (Phi) is 6.13. The van der Waals surface area contributed by atoms with Crippen molar-refractivity contribution in [1.29, 1.82) is 0 Å². The van der Waals surface area contributed by atoms with E-state index in [1.165, 1.54) is 26.0 Å². The molecule has 3 fully saturated rings. The molecule has 2 aromatic heterocycles. The standard InChI is InChI=1S/C24H30N4O5S/c1-27-21(13-20(26-27)22-5-4-10-33-22)19-15-28-9-8-16(19)11-17(28)14-25-34(29,30)24-12-18(31-2)6-7-23(24)32-3/h4-7,10,12-13,16-17,19,25H,8-9,11,14-15H2,1-3H3/t16-,17+,19-/m0/s1. The van der Waals surface area contributed by atoms with Crippen LogP contribution < -0.4 is 14.2 Å². The van der Waals surface area contributed by atoms with E-state index in [-0.39, 0.29) is 10.9 Å². The maximum Gasteiger partial charge on any atom is 0.244 e. The Morgan fingerprint density at radius 2 is 2.06 bits per heavy atom. The highest BCUT2D eigenvalue weighted by atomic mass is 32.2. The minimum Gasteiger partial charge on any atom is -0.497 e. The molecule has 182 valence electrons. The smallest absolute Gasteiger partial charge is 0.244 e. The summed E-state index contributed by atoms with van der Waals surface area (Å²) in [6.07, 6.45) is 3.69. The van der Waals surface area contributed by atoms with Crippen LogP contribution in [0.15, 0.2) is 52.0 Å². The monoisotopic (exact) mass is 486 g/mol. The van der Waals surface area contributed by atoms with Crippen LogP contribution in [0.5, 0.6) is 11.5 Å². The first-order chi connectivity index (χ1) is 16.4. The highest BCUT2D eigenvalue weighted by Gasteiger charge is 2.42. The average molecular weight is 487 g/mol. The molecule has 6 rings (SSSR count). The molecule has 0 saturated carbocycles. The summed E-state index contributed by atoms with van der Waals surface area (Å²) in [5.41, 5.74) is 2.04. The van der Waals surface area contributed by atoms with Gasteiger partial charge in [-0.05, 0) is 55.6 Å². The van der Waals surface area contributed by atoms with Crippen molar-refractivity contribution in [2.24, 2.45) is 13.0 Å². The number of furan rings is 1. The lowest BCUT2D eigenvalue weighted by Gasteiger charge is -2.49. The molecule has 0 spiro atoms. The Hall–Kier alpha value is -2.82. The van der Waals surface area contributed by atoms with Crippen LogP contribution in [0.3, 0.4) is 0 Å². The van der Waals surface area contributed by atoms with Crippen LogP contribution in [0.1, 0.15) is 24.5 Å². The Balaban J connectivity index is 1.28. The molecule has 4 atom stereocenters. The average Bonchev–Trinajstić information content (AvgIpc) is 3.52. The Morgan fingerprint density at radius 3 is 2.74 bits per heavy atom. The number of rotatable bonds is 8. The van der Waals surface area contributed by atoms with Gasteiger partial charge in [0.1, 0.15) is 22.1 Å². The molecule has 3 aromatic rings. The van der Waals surface area contributed by atoms with Gasteiger partial charge in [-0.2, -0.15) is 5.10 Å². The third-order valence-corrected chi connectivity index (χ3v) is 8.56. The van der Waals surface area contributed by atoms with E-state index in [1.54, 1.807) is 18.4 Å². The molecule has 5 heterocycles. The van der Waals surface area contributed by atoms with Crippen molar-refractivity contribution in [2.75, 3.05) is 33.9 Å². The maximum absolute atomic E-state index is 13.1. The van der Waals surface area contributed by atoms with Crippen LogP contribution in [0.25, 0.3) is 11.5 Å². The molecule has 3 aliphatic rings. The van der Waals surface area contributed by atoms with Crippen molar-refractivity contribution in [3.05, 3.63) is 48.4 Å². The molecule has 34 heavy (non-hydrogen) atoms. The van der Waals surface area contributed by atoms with Gasteiger partial charge in [0.25, 0.3) is 0 Å². The third-order valence-electron chi connectivity index (χ3n) is 7.12. The summed E-state index contributed by atoms with van der Waals surface area (Å²) in [7, 11) is 1.20. The zero-order valence-corrected chi connectivity index (χ0v) is 20.4. The van der Waals surface area contributed by atoms with Gasteiger partial charge in [-0.15, -0.1) is 0 Å². The number of nitrogens with one attached hydrogen (secondary N) is 1. The number of hydrogen-bond donors (Lipinski definition) is 1. The zero-order valence-electron chi connectivity index (χ0n) is 19.6. The summed E-state index contributed by atoms with van der Waals surface area (Å²) in [5.74, 6) is 2.37. The largest absolute Gasteiger partial charge is 0.497 e. The number of ether oxygens (including phenoxy) is 2. The lowest BCUT2D eigenvalue weighted by molar-refractivity contribution is 0.0306. The van der Waals surface area contributed by atoms with Crippen LogP contribution in [0.2, 0.25) is 0 Å². The summed E-state index contributed by atoms with van der Waals surface area (Å²) >= 11 is 0. The number of aromatic nitrogens is 2. The van der Waals surface area contributed by atoms with Gasteiger partial charge in [-0.25, -0.2) is 13.1 Å². The van der Waals surface area contributed by atoms with Gasteiger partial charge in [0, 0.05) is 43.9 Å². The molecule has 3 saturated heterocycles. The second kappa shape index (κ2) is 9.09. The first-order valence-corrected chi connectivity index (χ1v) is 12.9. The first kappa shape index (κ1) is 22.9. The summed E-state index contributed by atoms with van der Waals surface area (Å²) in [6, 6.07) is 10.8. The van der Waals surface area contributed by atoms with Gasteiger partial charge < -0.3 is 13.9 Å². The normalized spacial score (nSPS) is 24.3. The minimum atomic E-state index is -3.75. The molecule has 1 aromatic carbocycles. The van der Waals surface area contributed by atoms with Crippen LogP contribution in [0.4, 0.5) is 0 Å². The molecule has 0 aliphatic carbocycles. The van der Waals surface area contributed by atoms with Crippen molar-refractivity contribution in [3.8, 4) is 23.0 Å². The lowest BCUT2D eigenvalue weighted by Crippen LogP contribution is -2.56. The fraction of sp³-hybridized carbons (Fsp3) is 0.458. The molecular formula is C24H30N4O5S. The molecule has 0 radical (unpaired) electrons. The summed E-state index contributed by atoms with van der Waals surface area (Å²) in [4.78, 5) is 2.48. The van der Waals surface area contributed by atoms with E-state index in [4.69, 9.17) is 13.9 Å². The van der Waals surface area contributed by atoms with E-state index in [1.807, 2.05) is 23.9 Å². The zero-order chi connectivity index (χ0) is 23.9. The predicted molar refractivity (Wildman–Crippen MR) is 126 cm³/mol. The van der Waals surface area contributed by atoms with Crippen LogP contribution >= 0.6 is 0 Å². The van der Waals surface area contributed by atoms with Crippen LogP contribution in [-0.4, -0.2) is 63.0 Å². The van der Waals surface area contributed by atoms with E-state index in [0.29, 0.717) is 29.9 Å². The topological polar surface area (TPSA) is 98.8 Å². The fourth-order valence-electron chi connectivity index (χ4n) is 5.34. The van der Waals surface area contributed by atoms with Crippen LogP contribution in [0, 0.1) is 5.92 Å². The SMILES string of the molecule is COc1ccc(OC)c(S(=O)(=O)NC[C@H]2C[C@@H]3CCN2C[C@@H]3c2cc(-c3ccco3)nn2C)c1. The van der Waals surface area contributed by atoms with Gasteiger partial charge in [0.2, 0.25) is 10.0 Å². The van der Waals surface area contributed by atoms with E-state index in [0.717, 1.165) is 37.4 Å². The number of nitrogens with zero attached hydrogens (tertiary/aromatic N) is 3. The molecular weight excluding hydrogens is 456 g/mol. The molecule has 1 N–H and O–H groups in total. The van der Waals surface area contributed by atoms with Crippen molar-refractivity contribution >= 4 is 10.0 Å². The van der Waals surface area contributed by atoms with E-state index < -0.39 is 10.0 Å². The first-order valence-electron chi connectivity index (χ1n) is 11.4. The summed E-state index contributed by atoms with van der Waals surface area (Å²) < 4.78 is 46.9. The van der Waals surface area contributed by atoms with Crippen molar-refractivity contribution in [1.82, 2.24) is 19.4 Å². The van der Waals surface area contributed by atoms with Gasteiger partial charge in [0.15, 0.2) is 5.76 Å². The van der Waals surface area contributed by atoms with E-state index in [9.17, 15) is 8.42 Å². The van der Waals surface area contributed by atoms with Gasteiger partial charge in [-0.1, -0.05) is 0 Å². The highest BCUT2D eigenvalue weighted by molar-refractivity contribution is 7.89. The van der Waals surface area contributed by atoms with E-state index >= 15 is 0 Å². The summed E-state index contributed by atoms with van der Waals surface area (Å²) in [5, 5.41) is 4.65. The van der Waals surface area contributed by atoms with Crippen molar-refractivity contribution < 1.29 is 22.3 Å². The Bertz CT molecular complexity index is 1250. The number of benzene rings is 1. The van der Waals surface area contributed by atoms with Crippen molar-refractivity contribution in [3.63, 3.8) is 0 Å². The number of aryl methyl sites for hydroxylation is 1. The molecule has 1 unspecified atom stereocenters. The number of fused-ring (bicyclic) bond motifs is 3. The molecule has 10 heteroatoms. The van der Waals surface area contributed by atoms with E-state index in [2.05, 4.69) is 20.8 Å². The predicted octanol–water partition coefficient (Wildman–Crippen LogP) is 2.85. The Labute approximate surface area is 199 Å². The third kappa shape index (κ3) is 4.21. The minimum absolute atomic E-state index is 0.0866. The van der Waals surface area contributed by atoms with Gasteiger partial charge in [-0.3, -0.25) is 9.58 Å². The summed E-state index contributed by atoms with van der Waals surface area (Å²) in [6.45, 7) is 2.21. The number of methoxy groups -OCH3 is 2. The van der Waals surface area contributed by atoms with Gasteiger partial charge in [0.05, 0.1) is 20.5 Å². The quantitative estimate of drug-likeness (QED) is 0.523.